The Morgan fingerprint density at radius 1 is 1.38 bits per heavy atom. The first kappa shape index (κ1) is 13.2. The Balaban J connectivity index is 2.06. The van der Waals surface area contributed by atoms with E-state index in [-0.39, 0.29) is 36.0 Å². The largest absolute Gasteiger partial charge is 0.383 e. The van der Waals surface area contributed by atoms with Crippen molar-refractivity contribution in [1.82, 2.24) is 9.97 Å². The molecule has 0 aliphatic carbocycles. The number of carbonyl (C=O) groups is 2. The third-order valence-corrected chi connectivity index (χ3v) is 3.46. The van der Waals surface area contributed by atoms with Crippen LogP contribution in [-0.2, 0) is 9.59 Å². The van der Waals surface area contributed by atoms with Gasteiger partial charge in [-0.3, -0.25) is 14.5 Å². The first-order chi connectivity index (χ1) is 9.97. The number of hydrogen-bond donors (Lipinski definition) is 2. The molecule has 8 heteroatoms. The topological polar surface area (TPSA) is 115 Å². The summed E-state index contributed by atoms with van der Waals surface area (Å²) in [4.78, 5) is 32.5. The second-order valence-corrected chi connectivity index (χ2v) is 4.85. The Morgan fingerprint density at radius 3 is 2.81 bits per heavy atom. The average molecular weight is 289 g/mol. The molecule has 0 saturated carbocycles. The molecule has 0 bridgehead atoms. The Morgan fingerprint density at radius 2 is 2.14 bits per heavy atom. The molecular formula is C13H12FN5O2. The van der Waals surface area contributed by atoms with Gasteiger partial charge in [0.2, 0.25) is 17.8 Å². The number of nitrogen functional groups attached to an aromatic ring is 1. The van der Waals surface area contributed by atoms with E-state index in [1.54, 1.807) is 6.07 Å². The van der Waals surface area contributed by atoms with Gasteiger partial charge in [0.25, 0.3) is 0 Å². The number of fused-ring (bicyclic) bond motifs is 1. The van der Waals surface area contributed by atoms with Gasteiger partial charge in [-0.25, -0.2) is 9.37 Å². The van der Waals surface area contributed by atoms with Crippen LogP contribution >= 0.6 is 0 Å². The van der Waals surface area contributed by atoms with Crippen LogP contribution in [0.5, 0.6) is 0 Å². The zero-order valence-corrected chi connectivity index (χ0v) is 10.9. The zero-order valence-electron chi connectivity index (χ0n) is 10.9. The van der Waals surface area contributed by atoms with Crippen LogP contribution in [-0.4, -0.2) is 28.3 Å². The lowest BCUT2D eigenvalue weighted by Crippen LogP contribution is -2.29. The number of aromatic nitrogens is 2. The third-order valence-electron chi connectivity index (χ3n) is 3.46. The summed E-state index contributed by atoms with van der Waals surface area (Å²) in [5.41, 5.74) is 11.3. The second kappa shape index (κ2) is 4.65. The summed E-state index contributed by atoms with van der Waals surface area (Å²) in [6.45, 7) is 0.106. The van der Waals surface area contributed by atoms with Crippen molar-refractivity contribution in [1.29, 1.82) is 0 Å². The normalized spacial score (nSPS) is 18.4. The van der Waals surface area contributed by atoms with E-state index in [0.717, 1.165) is 0 Å². The maximum absolute atomic E-state index is 13.7. The lowest BCUT2D eigenvalue weighted by molar-refractivity contribution is -0.123. The standard InChI is InChI=1S/C13H12FN5O2/c14-7-2-1-3-8-10(7)11(15)18-13(17-8)19-5-6(12(16)21)4-9(19)20/h1-3,6H,4-5H2,(H2,16,21)(H2,15,17,18). The molecule has 1 unspecified atom stereocenters. The van der Waals surface area contributed by atoms with Gasteiger partial charge in [-0.1, -0.05) is 6.07 Å². The van der Waals surface area contributed by atoms with Crippen molar-refractivity contribution >= 4 is 34.5 Å². The molecule has 2 aromatic rings. The second-order valence-electron chi connectivity index (χ2n) is 4.85. The lowest BCUT2D eigenvalue weighted by Gasteiger charge is -2.15. The van der Waals surface area contributed by atoms with Crippen molar-refractivity contribution in [3.63, 3.8) is 0 Å². The van der Waals surface area contributed by atoms with Crippen LogP contribution in [0.15, 0.2) is 18.2 Å². The average Bonchev–Trinajstić information content (AvgIpc) is 2.80. The molecule has 1 atom stereocenters. The summed E-state index contributed by atoms with van der Waals surface area (Å²) in [7, 11) is 0. The van der Waals surface area contributed by atoms with E-state index in [2.05, 4.69) is 9.97 Å². The van der Waals surface area contributed by atoms with Gasteiger partial charge < -0.3 is 11.5 Å². The first-order valence-corrected chi connectivity index (χ1v) is 6.29. The van der Waals surface area contributed by atoms with Crippen molar-refractivity contribution in [3.05, 3.63) is 24.0 Å². The number of halogens is 1. The minimum Gasteiger partial charge on any atom is -0.383 e. The van der Waals surface area contributed by atoms with Gasteiger partial charge in [0.15, 0.2) is 0 Å². The number of hydrogen-bond acceptors (Lipinski definition) is 5. The van der Waals surface area contributed by atoms with Crippen LogP contribution in [0.4, 0.5) is 16.2 Å². The van der Waals surface area contributed by atoms with Gasteiger partial charge in [-0.15, -0.1) is 0 Å². The summed E-state index contributed by atoms with van der Waals surface area (Å²) < 4.78 is 13.7. The molecule has 0 radical (unpaired) electrons. The maximum Gasteiger partial charge on any atom is 0.234 e. The summed E-state index contributed by atoms with van der Waals surface area (Å²) in [6.07, 6.45) is 0.0137. The molecule has 1 aromatic heterocycles. The Bertz CT molecular complexity index is 764. The maximum atomic E-state index is 13.7. The fourth-order valence-corrected chi connectivity index (χ4v) is 2.37. The monoisotopic (exact) mass is 289 g/mol. The minimum absolute atomic E-state index is 0.0137. The van der Waals surface area contributed by atoms with E-state index in [1.165, 1.54) is 17.0 Å². The molecular weight excluding hydrogens is 277 g/mol. The SMILES string of the molecule is NC(=O)C1CC(=O)N(c2nc(N)c3c(F)cccc3n2)C1. The highest BCUT2D eigenvalue weighted by Gasteiger charge is 2.35. The predicted octanol–water partition coefficient (Wildman–Crippen LogP) is 0.189. The number of anilines is 2. The number of benzene rings is 1. The van der Waals surface area contributed by atoms with Crippen molar-refractivity contribution in [3.8, 4) is 0 Å². The van der Waals surface area contributed by atoms with E-state index in [0.29, 0.717) is 5.52 Å². The van der Waals surface area contributed by atoms with Crippen LogP contribution < -0.4 is 16.4 Å². The molecule has 1 fully saturated rings. The molecule has 2 heterocycles. The van der Waals surface area contributed by atoms with Crippen molar-refractivity contribution in [2.75, 3.05) is 17.2 Å². The summed E-state index contributed by atoms with van der Waals surface area (Å²) >= 11 is 0. The molecule has 108 valence electrons. The highest BCUT2D eigenvalue weighted by molar-refractivity contribution is 6.00. The molecule has 0 spiro atoms. The predicted molar refractivity (Wildman–Crippen MR) is 73.6 cm³/mol. The molecule has 4 N–H and O–H groups in total. The number of rotatable bonds is 2. The van der Waals surface area contributed by atoms with Gasteiger partial charge in [-0.2, -0.15) is 4.98 Å². The number of nitrogens with zero attached hydrogens (tertiary/aromatic N) is 3. The third kappa shape index (κ3) is 2.14. The van der Waals surface area contributed by atoms with Gasteiger partial charge in [0.1, 0.15) is 11.6 Å². The van der Waals surface area contributed by atoms with Gasteiger partial charge >= 0.3 is 0 Å². The van der Waals surface area contributed by atoms with Crippen LogP contribution in [0.25, 0.3) is 10.9 Å². The minimum atomic E-state index is -0.578. The van der Waals surface area contributed by atoms with Crippen LogP contribution in [0.3, 0.4) is 0 Å². The smallest absolute Gasteiger partial charge is 0.234 e. The van der Waals surface area contributed by atoms with E-state index < -0.39 is 17.6 Å². The molecule has 7 nitrogen and oxygen atoms in total. The Hall–Kier alpha value is -2.77. The Labute approximate surface area is 118 Å². The van der Waals surface area contributed by atoms with Crippen LogP contribution in [0.2, 0.25) is 0 Å². The quantitative estimate of drug-likeness (QED) is 0.818. The van der Waals surface area contributed by atoms with Crippen LogP contribution in [0.1, 0.15) is 6.42 Å². The first-order valence-electron chi connectivity index (χ1n) is 6.29. The summed E-state index contributed by atoms with van der Waals surface area (Å²) in [5, 5.41) is 0.111. The van der Waals surface area contributed by atoms with Crippen molar-refractivity contribution in [2.45, 2.75) is 6.42 Å². The summed E-state index contributed by atoms with van der Waals surface area (Å²) in [5.74, 6) is -1.97. The molecule has 1 aliphatic heterocycles. The van der Waals surface area contributed by atoms with E-state index >= 15 is 0 Å². The van der Waals surface area contributed by atoms with E-state index in [9.17, 15) is 14.0 Å². The number of nitrogens with two attached hydrogens (primary N) is 2. The van der Waals surface area contributed by atoms with Crippen molar-refractivity contribution < 1.29 is 14.0 Å². The molecule has 2 amide bonds. The summed E-state index contributed by atoms with van der Waals surface area (Å²) in [6, 6.07) is 4.32. The fraction of sp³-hybridized carbons (Fsp3) is 0.231. The Kier molecular flexibility index (Phi) is 2.93. The number of amides is 2. The number of primary amides is 1. The van der Waals surface area contributed by atoms with Gasteiger partial charge in [0, 0.05) is 13.0 Å². The van der Waals surface area contributed by atoms with Gasteiger partial charge in [0.05, 0.1) is 16.8 Å². The highest BCUT2D eigenvalue weighted by Crippen LogP contribution is 2.27. The fourth-order valence-electron chi connectivity index (χ4n) is 2.37. The van der Waals surface area contributed by atoms with E-state index in [4.69, 9.17) is 11.5 Å². The molecule has 1 aromatic carbocycles. The van der Waals surface area contributed by atoms with E-state index in [1.807, 2.05) is 0 Å². The van der Waals surface area contributed by atoms with Crippen molar-refractivity contribution in [2.24, 2.45) is 11.7 Å². The molecule has 1 saturated heterocycles. The zero-order chi connectivity index (χ0) is 15.1. The highest BCUT2D eigenvalue weighted by atomic mass is 19.1. The lowest BCUT2D eigenvalue weighted by atomic mass is 10.1. The molecule has 3 rings (SSSR count). The molecule has 1 aliphatic rings. The van der Waals surface area contributed by atoms with Crippen LogP contribution in [0, 0.1) is 11.7 Å². The van der Waals surface area contributed by atoms with Gasteiger partial charge in [-0.05, 0) is 12.1 Å². The molecule has 21 heavy (non-hydrogen) atoms. The number of carbonyl (C=O) groups excluding carboxylic acids is 2.